The molecule has 5 nitrogen and oxygen atoms in total. The highest BCUT2D eigenvalue weighted by atomic mass is 16.2. The van der Waals surface area contributed by atoms with Crippen LogP contribution in [0.3, 0.4) is 0 Å². The maximum Gasteiger partial charge on any atom is 0.253 e. The van der Waals surface area contributed by atoms with Gasteiger partial charge in [0.2, 0.25) is 5.91 Å². The summed E-state index contributed by atoms with van der Waals surface area (Å²) in [5.41, 5.74) is 6.31. The third-order valence-electron chi connectivity index (χ3n) is 4.43. The van der Waals surface area contributed by atoms with Crippen molar-refractivity contribution in [2.75, 3.05) is 26.7 Å². The number of rotatable bonds is 4. The fraction of sp³-hybridized carbons (Fsp3) is 0.529. The molecule has 0 bridgehead atoms. The van der Waals surface area contributed by atoms with Crippen LogP contribution in [-0.2, 0) is 4.79 Å². The number of nitrogens with two attached hydrogens (primary N) is 1. The van der Waals surface area contributed by atoms with E-state index in [0.29, 0.717) is 25.2 Å². The largest absolute Gasteiger partial charge is 0.341 e. The van der Waals surface area contributed by atoms with E-state index in [9.17, 15) is 9.59 Å². The molecule has 22 heavy (non-hydrogen) atoms. The number of hydrogen-bond acceptors (Lipinski definition) is 3. The van der Waals surface area contributed by atoms with Gasteiger partial charge >= 0.3 is 0 Å². The molecule has 2 unspecified atom stereocenters. The Morgan fingerprint density at radius 2 is 2.05 bits per heavy atom. The minimum absolute atomic E-state index is 0.00706. The average molecular weight is 303 g/mol. The lowest BCUT2D eigenvalue weighted by atomic mass is 9.95. The summed E-state index contributed by atoms with van der Waals surface area (Å²) in [6.45, 7) is 3.59. The van der Waals surface area contributed by atoms with Crippen LogP contribution in [0.25, 0.3) is 0 Å². The third kappa shape index (κ3) is 3.65. The smallest absolute Gasteiger partial charge is 0.253 e. The number of hydrogen-bond donors (Lipinski definition) is 1. The van der Waals surface area contributed by atoms with Gasteiger partial charge in [0, 0.05) is 38.3 Å². The molecule has 0 radical (unpaired) electrons. The molecule has 1 aromatic rings. The topological polar surface area (TPSA) is 66.6 Å². The number of carbonyl (C=O) groups is 2. The van der Waals surface area contributed by atoms with E-state index < -0.39 is 0 Å². The molecule has 1 saturated heterocycles. The first-order valence-electron chi connectivity index (χ1n) is 7.85. The Labute approximate surface area is 132 Å². The maximum atomic E-state index is 12.5. The summed E-state index contributed by atoms with van der Waals surface area (Å²) in [4.78, 5) is 28.5. The molecule has 0 aromatic heterocycles. The quantitative estimate of drug-likeness (QED) is 0.913. The molecule has 2 amide bonds. The Hall–Kier alpha value is -1.88. The second-order valence-electron chi connectivity index (χ2n) is 5.99. The minimum atomic E-state index is -0.125. The fourth-order valence-corrected chi connectivity index (χ4v) is 2.79. The Morgan fingerprint density at radius 3 is 2.68 bits per heavy atom. The van der Waals surface area contributed by atoms with Gasteiger partial charge in [-0.15, -0.1) is 0 Å². The molecule has 2 N–H and O–H groups in total. The molecule has 0 aliphatic carbocycles. The lowest BCUT2D eigenvalue weighted by Gasteiger charge is -2.35. The summed E-state index contributed by atoms with van der Waals surface area (Å²) in [6, 6.07) is 9.26. The monoisotopic (exact) mass is 303 g/mol. The molecule has 2 rings (SSSR count). The summed E-state index contributed by atoms with van der Waals surface area (Å²) in [7, 11) is 1.79. The molecule has 1 heterocycles. The van der Waals surface area contributed by atoms with Crippen LogP contribution in [0.15, 0.2) is 30.3 Å². The van der Waals surface area contributed by atoms with E-state index in [1.54, 1.807) is 16.8 Å². The van der Waals surface area contributed by atoms with Gasteiger partial charge in [-0.05, 0) is 31.9 Å². The highest BCUT2D eigenvalue weighted by Gasteiger charge is 2.31. The first-order valence-corrected chi connectivity index (χ1v) is 7.85. The van der Waals surface area contributed by atoms with Gasteiger partial charge in [0.15, 0.2) is 0 Å². The molecule has 1 aliphatic heterocycles. The van der Waals surface area contributed by atoms with Gasteiger partial charge in [-0.2, -0.15) is 0 Å². The van der Waals surface area contributed by atoms with Crippen molar-refractivity contribution in [1.82, 2.24) is 9.80 Å². The number of carbonyl (C=O) groups excluding carboxylic acids is 2. The summed E-state index contributed by atoms with van der Waals surface area (Å²) >= 11 is 0. The number of piperidine rings is 1. The molecule has 5 heteroatoms. The van der Waals surface area contributed by atoms with Crippen molar-refractivity contribution in [1.29, 1.82) is 0 Å². The summed E-state index contributed by atoms with van der Waals surface area (Å²) < 4.78 is 0. The molecular weight excluding hydrogens is 278 g/mol. The highest BCUT2D eigenvalue weighted by Crippen LogP contribution is 2.21. The van der Waals surface area contributed by atoms with Gasteiger partial charge in [-0.1, -0.05) is 18.2 Å². The van der Waals surface area contributed by atoms with Crippen LogP contribution in [0.1, 0.15) is 30.1 Å². The number of likely N-dealkylation sites (N-methyl/N-ethyl adjacent to an activating group) is 1. The Balaban J connectivity index is 2.03. The van der Waals surface area contributed by atoms with E-state index in [-0.39, 0.29) is 23.8 Å². The Kier molecular flexibility index (Phi) is 5.55. The number of amides is 2. The van der Waals surface area contributed by atoms with Gasteiger partial charge in [0.05, 0.1) is 5.92 Å². The zero-order valence-electron chi connectivity index (χ0n) is 13.4. The van der Waals surface area contributed by atoms with Crippen LogP contribution in [0.2, 0.25) is 0 Å². The van der Waals surface area contributed by atoms with Gasteiger partial charge in [0.1, 0.15) is 0 Å². The van der Waals surface area contributed by atoms with Crippen molar-refractivity contribution in [3.8, 4) is 0 Å². The van der Waals surface area contributed by atoms with E-state index in [2.05, 4.69) is 0 Å². The van der Waals surface area contributed by atoms with Gasteiger partial charge in [-0.25, -0.2) is 0 Å². The first-order chi connectivity index (χ1) is 10.5. The second kappa shape index (κ2) is 7.40. The molecule has 1 aliphatic rings. The molecule has 0 saturated carbocycles. The Bertz CT molecular complexity index is 518. The molecule has 120 valence electrons. The van der Waals surface area contributed by atoms with Crippen molar-refractivity contribution in [2.45, 2.75) is 25.8 Å². The van der Waals surface area contributed by atoms with Gasteiger partial charge < -0.3 is 15.5 Å². The van der Waals surface area contributed by atoms with Crippen molar-refractivity contribution < 1.29 is 9.59 Å². The van der Waals surface area contributed by atoms with E-state index in [1.165, 1.54) is 0 Å². The first kappa shape index (κ1) is 16.5. The Morgan fingerprint density at radius 1 is 1.36 bits per heavy atom. The minimum Gasteiger partial charge on any atom is -0.341 e. The SMILES string of the molecule is CC(CN)N(C)C(=O)C1CCCN(C(=O)c2ccccc2)C1. The number of nitrogens with zero attached hydrogens (tertiary/aromatic N) is 2. The van der Waals surface area contributed by atoms with E-state index in [4.69, 9.17) is 5.73 Å². The van der Waals surface area contributed by atoms with Crippen molar-refractivity contribution in [3.05, 3.63) is 35.9 Å². The van der Waals surface area contributed by atoms with E-state index >= 15 is 0 Å². The highest BCUT2D eigenvalue weighted by molar-refractivity contribution is 5.94. The van der Waals surface area contributed by atoms with Crippen LogP contribution in [0, 0.1) is 5.92 Å². The number of likely N-dealkylation sites (tertiary alicyclic amines) is 1. The molecule has 0 spiro atoms. The second-order valence-corrected chi connectivity index (χ2v) is 5.99. The van der Waals surface area contributed by atoms with Crippen LogP contribution in [-0.4, -0.2) is 54.3 Å². The van der Waals surface area contributed by atoms with Crippen LogP contribution >= 0.6 is 0 Å². The molecule has 1 aromatic carbocycles. The zero-order chi connectivity index (χ0) is 16.1. The predicted octanol–water partition coefficient (Wildman–Crippen LogP) is 1.34. The lowest BCUT2D eigenvalue weighted by molar-refractivity contribution is -0.137. The standard InChI is InChI=1S/C17H25N3O2/c1-13(11-18)19(2)16(21)15-9-6-10-20(12-15)17(22)14-7-4-3-5-8-14/h3-5,7-8,13,15H,6,9-12,18H2,1-2H3. The van der Waals surface area contributed by atoms with Crippen LogP contribution in [0.5, 0.6) is 0 Å². The van der Waals surface area contributed by atoms with Gasteiger partial charge in [-0.3, -0.25) is 9.59 Å². The normalized spacial score (nSPS) is 19.6. The molecule has 1 fully saturated rings. The number of benzene rings is 1. The van der Waals surface area contributed by atoms with E-state index in [1.807, 2.05) is 37.3 Å². The summed E-state index contributed by atoms with van der Waals surface area (Å²) in [5.74, 6) is -0.0310. The molecule has 2 atom stereocenters. The van der Waals surface area contributed by atoms with Gasteiger partial charge in [0.25, 0.3) is 5.91 Å². The maximum absolute atomic E-state index is 12.5. The van der Waals surface area contributed by atoms with Crippen LogP contribution < -0.4 is 5.73 Å². The lowest BCUT2D eigenvalue weighted by Crippen LogP contribution is -2.49. The average Bonchev–Trinajstić information content (AvgIpc) is 2.59. The third-order valence-corrected chi connectivity index (χ3v) is 4.43. The van der Waals surface area contributed by atoms with E-state index in [0.717, 1.165) is 12.8 Å². The fourth-order valence-electron chi connectivity index (χ4n) is 2.79. The van der Waals surface area contributed by atoms with Crippen LogP contribution in [0.4, 0.5) is 0 Å². The van der Waals surface area contributed by atoms with Crippen molar-refractivity contribution >= 4 is 11.8 Å². The summed E-state index contributed by atoms with van der Waals surface area (Å²) in [5, 5.41) is 0. The van der Waals surface area contributed by atoms with Crippen molar-refractivity contribution in [2.24, 2.45) is 11.7 Å². The predicted molar refractivity (Wildman–Crippen MR) is 86.4 cm³/mol. The zero-order valence-corrected chi connectivity index (χ0v) is 13.4. The van der Waals surface area contributed by atoms with Crippen molar-refractivity contribution in [3.63, 3.8) is 0 Å². The molecular formula is C17H25N3O2. The summed E-state index contributed by atoms with van der Waals surface area (Å²) in [6.07, 6.45) is 1.69.